The molecule has 19 heavy (non-hydrogen) atoms. The standard InChI is InChI=1S/C13H6F2N2S2/c14-6-1-2-7-12(11(6)15)17-13(16-7)10-5-9-8(19-10)3-4-18-9/h1-5H,(H,16,17). The molecule has 3 aromatic heterocycles. The molecule has 0 aliphatic carbocycles. The van der Waals surface area contributed by atoms with E-state index in [-0.39, 0.29) is 5.52 Å². The van der Waals surface area contributed by atoms with Crippen molar-refractivity contribution in [2.75, 3.05) is 0 Å². The Morgan fingerprint density at radius 3 is 2.84 bits per heavy atom. The minimum Gasteiger partial charge on any atom is -0.337 e. The number of hydrogen-bond donors (Lipinski definition) is 1. The molecule has 4 aromatic rings. The fourth-order valence-electron chi connectivity index (χ4n) is 2.02. The topological polar surface area (TPSA) is 28.7 Å². The van der Waals surface area contributed by atoms with Gasteiger partial charge in [0.15, 0.2) is 11.6 Å². The number of thiophene rings is 2. The largest absolute Gasteiger partial charge is 0.337 e. The molecule has 0 unspecified atom stereocenters. The molecule has 1 N–H and O–H groups in total. The minimum absolute atomic E-state index is 0.0479. The Balaban J connectivity index is 1.96. The van der Waals surface area contributed by atoms with Crippen LogP contribution in [0.4, 0.5) is 8.78 Å². The molecule has 0 fully saturated rings. The summed E-state index contributed by atoms with van der Waals surface area (Å²) in [6.07, 6.45) is 0. The van der Waals surface area contributed by atoms with Crippen LogP contribution in [0.2, 0.25) is 0 Å². The number of aromatic amines is 1. The first kappa shape index (κ1) is 11.1. The molecule has 1 aromatic carbocycles. The number of nitrogens with zero attached hydrogens (tertiary/aromatic N) is 1. The predicted molar refractivity (Wildman–Crippen MR) is 74.7 cm³/mol. The SMILES string of the molecule is Fc1ccc2[nH]c(-c3cc4sccc4s3)nc2c1F. The number of halogens is 2. The monoisotopic (exact) mass is 292 g/mol. The van der Waals surface area contributed by atoms with Gasteiger partial charge in [0, 0.05) is 9.40 Å². The summed E-state index contributed by atoms with van der Waals surface area (Å²) < 4.78 is 29.1. The van der Waals surface area contributed by atoms with Crippen LogP contribution in [0.25, 0.3) is 31.1 Å². The van der Waals surface area contributed by atoms with Crippen LogP contribution in [-0.4, -0.2) is 9.97 Å². The Hall–Kier alpha value is -1.79. The lowest BCUT2D eigenvalue weighted by atomic mass is 10.3. The number of nitrogens with one attached hydrogen (secondary N) is 1. The maximum absolute atomic E-state index is 13.6. The molecule has 0 aliphatic rings. The van der Waals surface area contributed by atoms with Gasteiger partial charge in [-0.1, -0.05) is 0 Å². The van der Waals surface area contributed by atoms with E-state index in [4.69, 9.17) is 0 Å². The van der Waals surface area contributed by atoms with E-state index >= 15 is 0 Å². The Bertz CT molecular complexity index is 875. The van der Waals surface area contributed by atoms with Crippen molar-refractivity contribution < 1.29 is 8.78 Å². The highest BCUT2D eigenvalue weighted by atomic mass is 32.1. The molecule has 0 bridgehead atoms. The lowest BCUT2D eigenvalue weighted by molar-refractivity contribution is 0.515. The first-order valence-corrected chi connectivity index (χ1v) is 7.23. The molecule has 0 saturated heterocycles. The summed E-state index contributed by atoms with van der Waals surface area (Å²) in [5.74, 6) is -1.20. The second kappa shape index (κ2) is 3.85. The number of aromatic nitrogens is 2. The number of H-pyrrole nitrogens is 1. The van der Waals surface area contributed by atoms with Crippen LogP contribution in [-0.2, 0) is 0 Å². The third kappa shape index (κ3) is 1.60. The molecule has 2 nitrogen and oxygen atoms in total. The molecule has 6 heteroatoms. The Morgan fingerprint density at radius 2 is 2.00 bits per heavy atom. The van der Waals surface area contributed by atoms with Crippen LogP contribution >= 0.6 is 22.7 Å². The molecule has 0 atom stereocenters. The van der Waals surface area contributed by atoms with Gasteiger partial charge < -0.3 is 4.98 Å². The Labute approximate surface area is 114 Å². The zero-order valence-corrected chi connectivity index (χ0v) is 11.0. The van der Waals surface area contributed by atoms with Gasteiger partial charge in [-0.15, -0.1) is 22.7 Å². The van der Waals surface area contributed by atoms with Crippen LogP contribution in [0.1, 0.15) is 0 Å². The Morgan fingerprint density at radius 1 is 1.11 bits per heavy atom. The number of rotatable bonds is 1. The molecule has 0 saturated carbocycles. The highest BCUT2D eigenvalue weighted by Crippen LogP contribution is 2.36. The van der Waals surface area contributed by atoms with E-state index in [1.54, 1.807) is 22.7 Å². The fraction of sp³-hybridized carbons (Fsp3) is 0. The van der Waals surface area contributed by atoms with Gasteiger partial charge in [0.2, 0.25) is 0 Å². The highest BCUT2D eigenvalue weighted by Gasteiger charge is 2.14. The van der Waals surface area contributed by atoms with E-state index in [0.717, 1.165) is 10.9 Å². The van der Waals surface area contributed by atoms with Crippen LogP contribution in [0.5, 0.6) is 0 Å². The molecule has 0 aliphatic heterocycles. The van der Waals surface area contributed by atoms with Gasteiger partial charge in [-0.25, -0.2) is 13.8 Å². The molecule has 0 amide bonds. The van der Waals surface area contributed by atoms with Crippen LogP contribution in [0.15, 0.2) is 29.6 Å². The van der Waals surface area contributed by atoms with Crippen LogP contribution in [0, 0.1) is 11.6 Å². The summed E-state index contributed by atoms with van der Waals surface area (Å²) in [6.45, 7) is 0. The van der Waals surface area contributed by atoms with E-state index in [0.29, 0.717) is 11.3 Å². The number of benzene rings is 1. The van der Waals surface area contributed by atoms with Crippen molar-refractivity contribution in [1.82, 2.24) is 9.97 Å². The first-order valence-electron chi connectivity index (χ1n) is 5.53. The van der Waals surface area contributed by atoms with E-state index < -0.39 is 11.6 Å². The average molecular weight is 292 g/mol. The molecule has 3 heterocycles. The van der Waals surface area contributed by atoms with Crippen molar-refractivity contribution >= 4 is 43.1 Å². The third-order valence-electron chi connectivity index (χ3n) is 2.92. The summed E-state index contributed by atoms with van der Waals surface area (Å²) in [7, 11) is 0. The molecule has 0 radical (unpaired) electrons. The van der Waals surface area contributed by atoms with E-state index in [2.05, 4.69) is 9.97 Å². The minimum atomic E-state index is -0.904. The van der Waals surface area contributed by atoms with Crippen molar-refractivity contribution in [3.05, 3.63) is 41.3 Å². The van der Waals surface area contributed by atoms with Crippen molar-refractivity contribution in [1.29, 1.82) is 0 Å². The van der Waals surface area contributed by atoms with Gasteiger partial charge in [-0.05, 0) is 29.6 Å². The van der Waals surface area contributed by atoms with E-state index in [9.17, 15) is 8.78 Å². The second-order valence-electron chi connectivity index (χ2n) is 4.10. The lowest BCUT2D eigenvalue weighted by Gasteiger charge is -1.91. The molecular weight excluding hydrogens is 286 g/mol. The summed E-state index contributed by atoms with van der Waals surface area (Å²) in [5, 5.41) is 2.03. The maximum Gasteiger partial charge on any atom is 0.186 e. The summed E-state index contributed by atoms with van der Waals surface area (Å²) in [4.78, 5) is 8.12. The predicted octanol–water partition coefficient (Wildman–Crippen LogP) is 4.78. The molecule has 94 valence electrons. The Kier molecular flexibility index (Phi) is 2.24. The molecule has 4 rings (SSSR count). The first-order chi connectivity index (χ1) is 9.22. The average Bonchev–Trinajstić information content (AvgIpc) is 3.05. The smallest absolute Gasteiger partial charge is 0.186 e. The zero-order valence-electron chi connectivity index (χ0n) is 9.41. The van der Waals surface area contributed by atoms with Crippen LogP contribution < -0.4 is 0 Å². The zero-order chi connectivity index (χ0) is 13.0. The van der Waals surface area contributed by atoms with Crippen molar-refractivity contribution in [2.45, 2.75) is 0 Å². The quantitative estimate of drug-likeness (QED) is 0.537. The van der Waals surface area contributed by atoms with Gasteiger partial charge in [0.1, 0.15) is 11.3 Å². The van der Waals surface area contributed by atoms with Gasteiger partial charge in [0.25, 0.3) is 0 Å². The summed E-state index contributed by atoms with van der Waals surface area (Å²) >= 11 is 3.23. The van der Waals surface area contributed by atoms with Gasteiger partial charge >= 0.3 is 0 Å². The van der Waals surface area contributed by atoms with Gasteiger partial charge in [-0.2, -0.15) is 0 Å². The van der Waals surface area contributed by atoms with Crippen molar-refractivity contribution in [3.8, 4) is 10.7 Å². The molecular formula is C13H6F2N2S2. The summed E-state index contributed by atoms with van der Waals surface area (Å²) in [6, 6.07) is 6.65. The maximum atomic E-state index is 13.6. The highest BCUT2D eigenvalue weighted by molar-refractivity contribution is 7.28. The lowest BCUT2D eigenvalue weighted by Crippen LogP contribution is -1.84. The summed E-state index contributed by atoms with van der Waals surface area (Å²) in [5.41, 5.74) is 0.553. The van der Waals surface area contributed by atoms with Crippen molar-refractivity contribution in [2.24, 2.45) is 0 Å². The van der Waals surface area contributed by atoms with Crippen molar-refractivity contribution in [3.63, 3.8) is 0 Å². The second-order valence-corrected chi connectivity index (χ2v) is 6.13. The fourth-order valence-corrected chi connectivity index (χ4v) is 4.07. The van der Waals surface area contributed by atoms with E-state index in [1.165, 1.54) is 15.5 Å². The third-order valence-corrected chi connectivity index (χ3v) is 5.02. The number of hydrogen-bond acceptors (Lipinski definition) is 3. The van der Waals surface area contributed by atoms with E-state index in [1.807, 2.05) is 17.5 Å². The molecule has 0 spiro atoms. The number of fused-ring (bicyclic) bond motifs is 2. The number of imidazole rings is 1. The van der Waals surface area contributed by atoms with Gasteiger partial charge in [0.05, 0.1) is 10.4 Å². The normalized spacial score (nSPS) is 11.7. The van der Waals surface area contributed by atoms with Gasteiger partial charge in [-0.3, -0.25) is 0 Å². The van der Waals surface area contributed by atoms with Crippen LogP contribution in [0.3, 0.4) is 0 Å².